The van der Waals surface area contributed by atoms with E-state index in [1.807, 2.05) is 0 Å². The van der Waals surface area contributed by atoms with Gasteiger partial charge in [0.25, 0.3) is 0 Å². The van der Waals surface area contributed by atoms with Crippen LogP contribution >= 0.6 is 15.9 Å². The molecule has 0 amide bonds. The van der Waals surface area contributed by atoms with Gasteiger partial charge in [-0.2, -0.15) is 13.2 Å². The third kappa shape index (κ3) is 3.13. The van der Waals surface area contributed by atoms with Crippen molar-refractivity contribution in [2.24, 2.45) is 0 Å². The van der Waals surface area contributed by atoms with E-state index in [0.29, 0.717) is 24.1 Å². The van der Waals surface area contributed by atoms with E-state index < -0.39 is 11.7 Å². The minimum absolute atomic E-state index is 0.171. The Hall–Kier alpha value is -0.750. The second-order valence-electron chi connectivity index (χ2n) is 3.75. The lowest BCUT2D eigenvalue weighted by molar-refractivity contribution is -0.137. The quantitative estimate of drug-likeness (QED) is 0.830. The lowest BCUT2D eigenvalue weighted by Crippen LogP contribution is -2.16. The minimum Gasteiger partial charge on any atom is -0.487 e. The number of hydrogen-bond donors (Lipinski definition) is 0. The number of alkyl halides is 3. The van der Waals surface area contributed by atoms with Crippen molar-refractivity contribution in [2.45, 2.75) is 18.7 Å². The molecule has 0 radical (unpaired) electrons. The molecule has 0 spiro atoms. The van der Waals surface area contributed by atoms with E-state index in [0.717, 1.165) is 12.1 Å². The number of benzene rings is 1. The molecule has 2 nitrogen and oxygen atoms in total. The molecule has 2 rings (SSSR count). The van der Waals surface area contributed by atoms with Crippen molar-refractivity contribution in [3.8, 4) is 5.75 Å². The monoisotopic (exact) mass is 310 g/mol. The Kier molecular flexibility index (Phi) is 3.63. The third-order valence-corrected chi connectivity index (χ3v) is 3.10. The van der Waals surface area contributed by atoms with Gasteiger partial charge in [-0.25, -0.2) is 0 Å². The normalized spacial score (nSPS) is 20.6. The van der Waals surface area contributed by atoms with Gasteiger partial charge in [0, 0.05) is 6.42 Å². The van der Waals surface area contributed by atoms with Crippen molar-refractivity contribution >= 4 is 15.9 Å². The van der Waals surface area contributed by atoms with Crippen LogP contribution in [-0.2, 0) is 10.9 Å². The molecule has 6 heteroatoms. The predicted molar refractivity (Wildman–Crippen MR) is 59.0 cm³/mol. The van der Waals surface area contributed by atoms with E-state index in [-0.39, 0.29) is 11.9 Å². The van der Waals surface area contributed by atoms with Crippen LogP contribution in [0.25, 0.3) is 0 Å². The lowest BCUT2D eigenvalue weighted by Gasteiger charge is -2.15. The van der Waals surface area contributed by atoms with Crippen molar-refractivity contribution in [2.75, 3.05) is 13.2 Å². The van der Waals surface area contributed by atoms with Crippen molar-refractivity contribution < 1.29 is 22.6 Å². The highest BCUT2D eigenvalue weighted by Gasteiger charge is 2.31. The molecular weight excluding hydrogens is 301 g/mol. The maximum atomic E-state index is 12.5. The molecule has 1 aromatic rings. The van der Waals surface area contributed by atoms with Gasteiger partial charge in [-0.3, -0.25) is 0 Å². The van der Waals surface area contributed by atoms with Crippen LogP contribution in [0.3, 0.4) is 0 Å². The minimum atomic E-state index is -4.36. The standard InChI is InChI=1S/C11H10BrF3O2/c12-9-2-1-7(11(13,14)15)5-10(9)17-8-3-4-16-6-8/h1-2,5,8H,3-4,6H2/t8-/m1/s1. The molecule has 1 saturated heterocycles. The van der Waals surface area contributed by atoms with Crippen LogP contribution in [0.5, 0.6) is 5.75 Å². The summed E-state index contributed by atoms with van der Waals surface area (Å²) in [4.78, 5) is 0. The van der Waals surface area contributed by atoms with Gasteiger partial charge in [0.1, 0.15) is 11.9 Å². The highest BCUT2D eigenvalue weighted by atomic mass is 79.9. The molecule has 0 aromatic heterocycles. The van der Waals surface area contributed by atoms with Crippen LogP contribution < -0.4 is 4.74 Å². The molecule has 0 saturated carbocycles. The number of halogens is 4. The van der Waals surface area contributed by atoms with E-state index in [1.54, 1.807) is 0 Å². The molecule has 1 aliphatic rings. The maximum Gasteiger partial charge on any atom is 0.416 e. The summed E-state index contributed by atoms with van der Waals surface area (Å²) in [6, 6.07) is 3.36. The van der Waals surface area contributed by atoms with E-state index >= 15 is 0 Å². The summed E-state index contributed by atoms with van der Waals surface area (Å²) in [5, 5.41) is 0. The predicted octanol–water partition coefficient (Wildman–Crippen LogP) is 3.64. The van der Waals surface area contributed by atoms with Crippen molar-refractivity contribution in [3.05, 3.63) is 28.2 Å². The van der Waals surface area contributed by atoms with Gasteiger partial charge in [-0.15, -0.1) is 0 Å². The maximum absolute atomic E-state index is 12.5. The molecular formula is C11H10BrF3O2. The molecule has 1 atom stereocenters. The molecule has 1 aromatic carbocycles. The molecule has 1 heterocycles. The average molecular weight is 311 g/mol. The van der Waals surface area contributed by atoms with Crippen LogP contribution in [0.2, 0.25) is 0 Å². The first-order valence-corrected chi connectivity index (χ1v) is 5.87. The Morgan fingerprint density at radius 3 is 2.71 bits per heavy atom. The van der Waals surface area contributed by atoms with Crippen LogP contribution in [-0.4, -0.2) is 19.3 Å². The molecule has 0 aliphatic carbocycles. The van der Waals surface area contributed by atoms with E-state index in [9.17, 15) is 13.2 Å². The Morgan fingerprint density at radius 2 is 2.12 bits per heavy atom. The highest BCUT2D eigenvalue weighted by molar-refractivity contribution is 9.10. The van der Waals surface area contributed by atoms with Gasteiger partial charge in [0.15, 0.2) is 0 Å². The first kappa shape index (κ1) is 12.7. The number of hydrogen-bond acceptors (Lipinski definition) is 2. The first-order chi connectivity index (χ1) is 7.97. The second-order valence-corrected chi connectivity index (χ2v) is 4.60. The zero-order valence-electron chi connectivity index (χ0n) is 8.76. The summed E-state index contributed by atoms with van der Waals surface area (Å²) in [5.41, 5.74) is -0.713. The van der Waals surface area contributed by atoms with Crippen molar-refractivity contribution in [1.82, 2.24) is 0 Å². The van der Waals surface area contributed by atoms with Gasteiger partial charge in [0.05, 0.1) is 23.2 Å². The Labute approximate surface area is 105 Å². The second kappa shape index (κ2) is 4.86. The summed E-state index contributed by atoms with van der Waals surface area (Å²) < 4.78 is 48.6. The molecule has 0 unspecified atom stereocenters. The Bertz CT molecular complexity index is 400. The Balaban J connectivity index is 2.20. The lowest BCUT2D eigenvalue weighted by atomic mass is 10.2. The van der Waals surface area contributed by atoms with Gasteiger partial charge in [-0.05, 0) is 34.1 Å². The zero-order chi connectivity index (χ0) is 12.5. The van der Waals surface area contributed by atoms with E-state index in [2.05, 4.69) is 15.9 Å². The van der Waals surface area contributed by atoms with E-state index in [1.165, 1.54) is 6.07 Å². The van der Waals surface area contributed by atoms with Gasteiger partial charge in [-0.1, -0.05) is 0 Å². The molecule has 0 bridgehead atoms. The van der Waals surface area contributed by atoms with Crippen molar-refractivity contribution in [1.29, 1.82) is 0 Å². The fraction of sp³-hybridized carbons (Fsp3) is 0.455. The number of rotatable bonds is 2. The molecule has 0 N–H and O–H groups in total. The SMILES string of the molecule is FC(F)(F)c1ccc(Br)c(O[C@@H]2CCOC2)c1. The molecule has 94 valence electrons. The molecule has 17 heavy (non-hydrogen) atoms. The van der Waals surface area contributed by atoms with Gasteiger partial charge >= 0.3 is 6.18 Å². The molecule has 1 aliphatic heterocycles. The summed E-state index contributed by atoms with van der Waals surface area (Å²) >= 11 is 3.17. The largest absolute Gasteiger partial charge is 0.487 e. The van der Waals surface area contributed by atoms with Gasteiger partial charge < -0.3 is 9.47 Å². The first-order valence-electron chi connectivity index (χ1n) is 5.08. The summed E-state index contributed by atoms with van der Waals surface area (Å²) in [5.74, 6) is 0.204. The highest BCUT2D eigenvalue weighted by Crippen LogP contribution is 2.35. The zero-order valence-corrected chi connectivity index (χ0v) is 10.3. The average Bonchev–Trinajstić information content (AvgIpc) is 2.72. The molecule has 1 fully saturated rings. The van der Waals surface area contributed by atoms with Crippen LogP contribution in [0.15, 0.2) is 22.7 Å². The van der Waals surface area contributed by atoms with Crippen LogP contribution in [0.1, 0.15) is 12.0 Å². The van der Waals surface area contributed by atoms with Crippen LogP contribution in [0.4, 0.5) is 13.2 Å². The summed E-state index contributed by atoms with van der Waals surface area (Å²) in [7, 11) is 0. The topological polar surface area (TPSA) is 18.5 Å². The Morgan fingerprint density at radius 1 is 1.35 bits per heavy atom. The third-order valence-electron chi connectivity index (χ3n) is 2.44. The number of ether oxygens (including phenoxy) is 2. The fourth-order valence-electron chi connectivity index (χ4n) is 1.56. The van der Waals surface area contributed by atoms with Gasteiger partial charge in [0.2, 0.25) is 0 Å². The van der Waals surface area contributed by atoms with Crippen LogP contribution in [0, 0.1) is 0 Å². The van der Waals surface area contributed by atoms with Crippen molar-refractivity contribution in [3.63, 3.8) is 0 Å². The van der Waals surface area contributed by atoms with E-state index in [4.69, 9.17) is 9.47 Å². The summed E-state index contributed by atoms with van der Waals surface area (Å²) in [6.07, 6.45) is -3.83. The smallest absolute Gasteiger partial charge is 0.416 e. The summed E-state index contributed by atoms with van der Waals surface area (Å²) in [6.45, 7) is 1.00. The fourth-order valence-corrected chi connectivity index (χ4v) is 1.90.